The number of halogens is 2. The minimum atomic E-state index is -3.36. The number of ether oxygens (including phenoxy) is 4. The van der Waals surface area contributed by atoms with Crippen molar-refractivity contribution in [3.8, 4) is 29.0 Å². The summed E-state index contributed by atoms with van der Waals surface area (Å²) in [7, 11) is 1.59. The maximum atomic E-state index is 15.1. The number of hydrogen-bond acceptors (Lipinski definition) is 12. The van der Waals surface area contributed by atoms with Gasteiger partial charge in [-0.1, -0.05) is 0 Å². The quantitative estimate of drug-likeness (QED) is 0.336. The van der Waals surface area contributed by atoms with Crippen LogP contribution < -0.4 is 19.7 Å². The van der Waals surface area contributed by atoms with Crippen LogP contribution in [-0.4, -0.2) is 114 Å². The van der Waals surface area contributed by atoms with Gasteiger partial charge in [-0.25, -0.2) is 23.5 Å². The number of pyridine rings is 1. The second-order valence-electron chi connectivity index (χ2n) is 13.7. The third-order valence-electron chi connectivity index (χ3n) is 8.89. The molecule has 2 aromatic heterocycles. The molecule has 15 heteroatoms. The summed E-state index contributed by atoms with van der Waals surface area (Å²) in [6.07, 6.45) is -0.895. The zero-order chi connectivity index (χ0) is 35.6. The first-order valence-corrected chi connectivity index (χ1v) is 16.6. The molecule has 2 atom stereocenters. The summed E-state index contributed by atoms with van der Waals surface area (Å²) >= 11 is 0. The third-order valence-corrected chi connectivity index (χ3v) is 8.89. The van der Waals surface area contributed by atoms with Gasteiger partial charge in [0.25, 0.3) is 0 Å². The molecule has 1 amide bonds. The van der Waals surface area contributed by atoms with E-state index in [4.69, 9.17) is 18.9 Å². The molecule has 50 heavy (non-hydrogen) atoms. The lowest BCUT2D eigenvalue weighted by Gasteiger charge is -2.47. The average molecular weight is 693 g/mol. The molecule has 0 saturated carbocycles. The van der Waals surface area contributed by atoms with Gasteiger partial charge in [-0.15, -0.1) is 0 Å². The molecule has 1 unspecified atom stereocenters. The van der Waals surface area contributed by atoms with Crippen molar-refractivity contribution in [3.63, 3.8) is 0 Å². The van der Waals surface area contributed by atoms with E-state index in [1.807, 2.05) is 18.2 Å². The Hall–Kier alpha value is -4.81. The van der Waals surface area contributed by atoms with E-state index in [9.17, 15) is 10.1 Å². The number of likely N-dealkylation sites (tertiary alicyclic amines) is 1. The standard InChI is InChI=1S/C35H42F2N8O5/c1-22-18-43(14-15-45(22)25-19-48-20-25)27-7-9-30(41-31(27)47-5)42-32-39-12-10-26(40-32)23-6-8-28(24(16-23)17-38)49-29-11-13-44(21-35(29,36)37)33(46)50-34(2,3)4/h6-10,12,16,22,25,29H,11,13-15,18-21H2,1-5H3,(H,39,40,41,42)/t22-,29?/m1/s1. The van der Waals surface area contributed by atoms with Crippen molar-refractivity contribution < 1.29 is 32.5 Å². The number of piperazine rings is 1. The molecule has 0 spiro atoms. The fourth-order valence-electron chi connectivity index (χ4n) is 6.32. The number of rotatable bonds is 8. The first-order valence-electron chi connectivity index (χ1n) is 16.6. The maximum Gasteiger partial charge on any atom is 0.410 e. The van der Waals surface area contributed by atoms with Crippen LogP contribution in [0.1, 0.15) is 39.7 Å². The van der Waals surface area contributed by atoms with Crippen LogP contribution in [0.25, 0.3) is 11.3 Å². The van der Waals surface area contributed by atoms with Crippen LogP contribution >= 0.6 is 0 Å². The van der Waals surface area contributed by atoms with Gasteiger partial charge in [0.2, 0.25) is 11.8 Å². The molecule has 266 valence electrons. The number of carbonyl (C=O) groups is 1. The SMILES string of the molecule is COc1nc(Nc2nccc(-c3ccc(OC4CCN(C(=O)OC(C)(C)C)CC4(F)F)c(C#N)c3)n2)ccc1N1CCN(C2COC2)[C@H](C)C1. The van der Waals surface area contributed by atoms with Gasteiger partial charge in [0.05, 0.1) is 44.2 Å². The number of anilines is 3. The van der Waals surface area contributed by atoms with Gasteiger partial charge in [-0.05, 0) is 64.1 Å². The number of carbonyl (C=O) groups excluding carboxylic acids is 1. The molecule has 1 N–H and O–H groups in total. The third kappa shape index (κ3) is 7.81. The van der Waals surface area contributed by atoms with Gasteiger partial charge < -0.3 is 34.1 Å². The first kappa shape index (κ1) is 35.0. The fraction of sp³-hybridized carbons (Fsp3) is 0.514. The summed E-state index contributed by atoms with van der Waals surface area (Å²) in [4.78, 5) is 31.7. The van der Waals surface area contributed by atoms with E-state index in [0.29, 0.717) is 35.0 Å². The average Bonchev–Trinajstić information content (AvgIpc) is 3.05. The highest BCUT2D eigenvalue weighted by molar-refractivity contribution is 5.69. The van der Waals surface area contributed by atoms with E-state index >= 15 is 8.78 Å². The minimum absolute atomic E-state index is 0.0169. The Bertz CT molecular complexity index is 1740. The zero-order valence-electron chi connectivity index (χ0n) is 28.9. The predicted octanol–water partition coefficient (Wildman–Crippen LogP) is 5.10. The zero-order valence-corrected chi connectivity index (χ0v) is 28.9. The lowest BCUT2D eigenvalue weighted by molar-refractivity contribution is -0.137. The second kappa shape index (κ2) is 14.2. The van der Waals surface area contributed by atoms with Gasteiger partial charge in [0.1, 0.15) is 28.9 Å². The van der Waals surface area contributed by atoms with E-state index < -0.39 is 30.3 Å². The fourth-order valence-corrected chi connectivity index (χ4v) is 6.32. The molecule has 13 nitrogen and oxygen atoms in total. The summed E-state index contributed by atoms with van der Waals surface area (Å²) in [5, 5.41) is 13.0. The largest absolute Gasteiger partial charge is 0.483 e. The number of benzene rings is 1. The Balaban J connectivity index is 1.12. The molecule has 5 heterocycles. The Morgan fingerprint density at radius 1 is 1.12 bits per heavy atom. The predicted molar refractivity (Wildman–Crippen MR) is 181 cm³/mol. The molecule has 1 aromatic carbocycles. The summed E-state index contributed by atoms with van der Waals surface area (Å²) in [5.74, 6) is -2.11. The summed E-state index contributed by atoms with van der Waals surface area (Å²) in [5.41, 5.74) is 1.23. The smallest absolute Gasteiger partial charge is 0.410 e. The summed E-state index contributed by atoms with van der Waals surface area (Å²) in [6, 6.07) is 13.0. The van der Waals surface area contributed by atoms with Crippen molar-refractivity contribution >= 4 is 23.5 Å². The molecule has 3 fully saturated rings. The molecule has 0 bridgehead atoms. The van der Waals surface area contributed by atoms with Crippen molar-refractivity contribution in [3.05, 3.63) is 48.2 Å². The highest BCUT2D eigenvalue weighted by Gasteiger charge is 2.48. The Kier molecular flexibility index (Phi) is 9.95. The highest BCUT2D eigenvalue weighted by Crippen LogP contribution is 2.35. The number of nitriles is 1. The van der Waals surface area contributed by atoms with E-state index in [1.165, 1.54) is 12.1 Å². The number of methoxy groups -OCH3 is 1. The lowest BCUT2D eigenvalue weighted by atomic mass is 10.0. The van der Waals surface area contributed by atoms with Crippen LogP contribution in [-0.2, 0) is 9.47 Å². The van der Waals surface area contributed by atoms with Crippen LogP contribution in [0.2, 0.25) is 0 Å². The Morgan fingerprint density at radius 3 is 2.58 bits per heavy atom. The first-order chi connectivity index (χ1) is 23.8. The summed E-state index contributed by atoms with van der Waals surface area (Å²) < 4.78 is 52.3. The van der Waals surface area contributed by atoms with Crippen LogP contribution in [0.4, 0.5) is 31.0 Å². The molecule has 3 aliphatic heterocycles. The van der Waals surface area contributed by atoms with E-state index in [1.54, 1.807) is 46.2 Å². The molecule has 6 rings (SSSR count). The normalized spacial score (nSPS) is 21.2. The van der Waals surface area contributed by atoms with Gasteiger partial charge in [0.15, 0.2) is 6.10 Å². The molecule has 0 aliphatic carbocycles. The van der Waals surface area contributed by atoms with Crippen molar-refractivity contribution in [2.24, 2.45) is 0 Å². The molecular weight excluding hydrogens is 650 g/mol. The minimum Gasteiger partial charge on any atom is -0.483 e. The molecular formula is C35H42F2N8O5. The molecule has 3 aromatic rings. The second-order valence-corrected chi connectivity index (χ2v) is 13.7. The van der Waals surface area contributed by atoms with Crippen molar-refractivity contribution in [2.45, 2.75) is 63.8 Å². The van der Waals surface area contributed by atoms with Crippen LogP contribution in [0.15, 0.2) is 42.6 Å². The van der Waals surface area contributed by atoms with Crippen molar-refractivity contribution in [1.82, 2.24) is 24.8 Å². The van der Waals surface area contributed by atoms with Gasteiger partial charge >= 0.3 is 12.0 Å². The Labute approximate surface area is 290 Å². The highest BCUT2D eigenvalue weighted by atomic mass is 19.3. The monoisotopic (exact) mass is 692 g/mol. The van der Waals surface area contributed by atoms with Gasteiger partial charge in [-0.3, -0.25) is 4.90 Å². The van der Waals surface area contributed by atoms with Crippen molar-refractivity contribution in [2.75, 3.05) is 63.3 Å². The number of hydrogen-bond donors (Lipinski definition) is 1. The summed E-state index contributed by atoms with van der Waals surface area (Å²) in [6.45, 7) is 10.6. The van der Waals surface area contributed by atoms with Crippen molar-refractivity contribution in [1.29, 1.82) is 5.26 Å². The number of nitrogens with one attached hydrogen (secondary N) is 1. The Morgan fingerprint density at radius 2 is 1.92 bits per heavy atom. The van der Waals surface area contributed by atoms with Crippen LogP contribution in [0.5, 0.6) is 11.6 Å². The van der Waals surface area contributed by atoms with Crippen LogP contribution in [0.3, 0.4) is 0 Å². The van der Waals surface area contributed by atoms with E-state index in [-0.39, 0.29) is 30.2 Å². The van der Waals surface area contributed by atoms with E-state index in [2.05, 4.69) is 37.0 Å². The van der Waals surface area contributed by atoms with Crippen LogP contribution in [0, 0.1) is 11.3 Å². The number of aromatic nitrogens is 3. The number of piperidine rings is 1. The van der Waals surface area contributed by atoms with Gasteiger partial charge in [0, 0.05) is 50.4 Å². The molecule has 3 saturated heterocycles. The maximum absolute atomic E-state index is 15.1. The lowest BCUT2D eigenvalue weighted by Crippen LogP contribution is -2.60. The topological polar surface area (TPSA) is 138 Å². The van der Waals surface area contributed by atoms with E-state index in [0.717, 1.165) is 43.4 Å². The molecule has 0 radical (unpaired) electrons. The number of amides is 1. The number of nitrogens with zero attached hydrogens (tertiary/aromatic N) is 7. The molecule has 3 aliphatic rings. The number of alkyl halides is 2. The van der Waals surface area contributed by atoms with Gasteiger partial charge in [-0.2, -0.15) is 10.2 Å².